The van der Waals surface area contributed by atoms with Crippen molar-refractivity contribution in [3.8, 4) is 0 Å². The van der Waals surface area contributed by atoms with Gasteiger partial charge in [0.15, 0.2) is 0 Å². The van der Waals surface area contributed by atoms with Crippen LogP contribution in [0.2, 0.25) is 10.0 Å². The highest BCUT2D eigenvalue weighted by molar-refractivity contribution is 6.30. The van der Waals surface area contributed by atoms with E-state index in [1.54, 1.807) is 18.2 Å². The lowest BCUT2D eigenvalue weighted by atomic mass is 9.86. The second-order valence-electron chi connectivity index (χ2n) is 9.02. The maximum atomic E-state index is 13.5. The normalized spacial score (nSPS) is 24.1. The van der Waals surface area contributed by atoms with Crippen molar-refractivity contribution in [2.24, 2.45) is 5.92 Å². The first kappa shape index (κ1) is 24.1. The van der Waals surface area contributed by atoms with Gasteiger partial charge >= 0.3 is 5.97 Å². The second-order valence-corrected chi connectivity index (χ2v) is 9.89. The molecule has 7 heteroatoms. The molecule has 2 fully saturated rings. The fourth-order valence-electron chi connectivity index (χ4n) is 5.09. The van der Waals surface area contributed by atoms with Gasteiger partial charge in [-0.25, -0.2) is 0 Å². The Balaban J connectivity index is 1.72. The number of carboxylic acids is 1. The first-order valence-electron chi connectivity index (χ1n) is 11.6. The molecule has 2 aromatic rings. The third-order valence-electron chi connectivity index (χ3n) is 6.74. The Hall–Kier alpha value is -2.08. The van der Waals surface area contributed by atoms with E-state index in [1.807, 2.05) is 35.2 Å². The molecule has 4 rings (SSSR count). The maximum absolute atomic E-state index is 13.5. The molecule has 0 aromatic heterocycles. The van der Waals surface area contributed by atoms with E-state index in [1.165, 1.54) is 32.1 Å². The van der Waals surface area contributed by atoms with Crippen LogP contribution in [0.25, 0.3) is 0 Å². The number of halogens is 2. The van der Waals surface area contributed by atoms with Crippen LogP contribution in [0.1, 0.15) is 68.2 Å². The van der Waals surface area contributed by atoms with Gasteiger partial charge in [0, 0.05) is 16.6 Å². The largest absolute Gasteiger partial charge is 0.481 e. The van der Waals surface area contributed by atoms with Gasteiger partial charge in [-0.3, -0.25) is 9.59 Å². The van der Waals surface area contributed by atoms with Crippen molar-refractivity contribution in [3.05, 3.63) is 69.7 Å². The van der Waals surface area contributed by atoms with Crippen molar-refractivity contribution in [3.63, 3.8) is 0 Å². The smallest absolute Gasteiger partial charge is 0.306 e. The molecule has 176 valence electrons. The molecule has 0 bridgehead atoms. The Morgan fingerprint density at radius 3 is 2.39 bits per heavy atom. The van der Waals surface area contributed by atoms with Crippen LogP contribution >= 0.6 is 23.2 Å². The van der Waals surface area contributed by atoms with Crippen molar-refractivity contribution in [2.45, 2.75) is 63.2 Å². The van der Waals surface area contributed by atoms with Gasteiger partial charge in [0.2, 0.25) is 0 Å². The quantitative estimate of drug-likeness (QED) is 0.485. The molecule has 3 atom stereocenters. The molecule has 1 N–H and O–H groups in total. The Bertz CT molecular complexity index is 975. The number of morpholine rings is 1. The molecule has 5 nitrogen and oxygen atoms in total. The number of hydrogen-bond donors (Lipinski definition) is 1. The molecule has 1 heterocycles. The van der Waals surface area contributed by atoms with Gasteiger partial charge in [-0.15, -0.1) is 0 Å². The standard InChI is InChI=1S/C26H29Cl2NO4/c27-20-11-9-18(10-12-20)24-25(19-7-4-8-21(28)15-19)33-22(16-23(30)31)26(32)29(24)14-13-17-5-2-1-3-6-17/h4,7-12,15,17,22,24-25H,1-3,5-6,13-14,16H2,(H,30,31)/t22-,24-,25-/m1/s1. The predicted octanol–water partition coefficient (Wildman–Crippen LogP) is 6.45. The minimum absolute atomic E-state index is 0.272. The van der Waals surface area contributed by atoms with E-state index in [4.69, 9.17) is 27.9 Å². The van der Waals surface area contributed by atoms with Gasteiger partial charge in [0.25, 0.3) is 5.91 Å². The van der Waals surface area contributed by atoms with E-state index in [0.29, 0.717) is 22.5 Å². The molecule has 1 saturated carbocycles. The van der Waals surface area contributed by atoms with Crippen molar-refractivity contribution in [1.29, 1.82) is 0 Å². The topological polar surface area (TPSA) is 66.8 Å². The summed E-state index contributed by atoms with van der Waals surface area (Å²) < 4.78 is 6.21. The van der Waals surface area contributed by atoms with E-state index in [9.17, 15) is 14.7 Å². The third-order valence-corrected chi connectivity index (χ3v) is 7.23. The molecule has 1 amide bonds. The molecule has 1 saturated heterocycles. The zero-order valence-corrected chi connectivity index (χ0v) is 20.0. The Morgan fingerprint density at radius 1 is 1.00 bits per heavy atom. The van der Waals surface area contributed by atoms with Crippen LogP contribution in [-0.2, 0) is 14.3 Å². The summed E-state index contributed by atoms with van der Waals surface area (Å²) in [5.41, 5.74) is 1.71. The van der Waals surface area contributed by atoms with Crippen LogP contribution in [-0.4, -0.2) is 34.5 Å². The molecule has 33 heavy (non-hydrogen) atoms. The van der Waals surface area contributed by atoms with Crippen molar-refractivity contribution < 1.29 is 19.4 Å². The van der Waals surface area contributed by atoms with Crippen molar-refractivity contribution >= 4 is 35.1 Å². The molecule has 1 aliphatic heterocycles. The predicted molar refractivity (Wildman–Crippen MR) is 128 cm³/mol. The number of benzene rings is 2. The number of amides is 1. The average molecular weight is 490 g/mol. The number of ether oxygens (including phenoxy) is 1. The number of carboxylic acid groups (broad SMARTS) is 1. The summed E-state index contributed by atoms with van der Waals surface area (Å²) in [5, 5.41) is 10.6. The summed E-state index contributed by atoms with van der Waals surface area (Å²) in [4.78, 5) is 26.9. The van der Waals surface area contributed by atoms with E-state index >= 15 is 0 Å². The highest BCUT2D eigenvalue weighted by atomic mass is 35.5. The van der Waals surface area contributed by atoms with Gasteiger partial charge in [-0.2, -0.15) is 0 Å². The van der Waals surface area contributed by atoms with E-state index < -0.39 is 24.2 Å². The Labute approximate surface area is 204 Å². The number of hydrogen-bond acceptors (Lipinski definition) is 3. The van der Waals surface area contributed by atoms with Crippen LogP contribution in [0.15, 0.2) is 48.5 Å². The molecular weight excluding hydrogens is 461 g/mol. The van der Waals surface area contributed by atoms with Gasteiger partial charge in [0.05, 0.1) is 12.5 Å². The Morgan fingerprint density at radius 2 is 1.73 bits per heavy atom. The summed E-state index contributed by atoms with van der Waals surface area (Å²) in [5.74, 6) is -0.746. The van der Waals surface area contributed by atoms with Crippen molar-refractivity contribution in [1.82, 2.24) is 4.90 Å². The fourth-order valence-corrected chi connectivity index (χ4v) is 5.42. The number of carbonyl (C=O) groups is 2. The van der Waals surface area contributed by atoms with E-state index in [-0.39, 0.29) is 12.3 Å². The lowest BCUT2D eigenvalue weighted by molar-refractivity contribution is -0.179. The second kappa shape index (κ2) is 10.9. The van der Waals surface area contributed by atoms with Crippen LogP contribution in [0.5, 0.6) is 0 Å². The summed E-state index contributed by atoms with van der Waals surface area (Å²) in [6.45, 7) is 0.563. The number of aliphatic carboxylic acids is 1. The van der Waals surface area contributed by atoms with Crippen LogP contribution < -0.4 is 0 Å². The average Bonchev–Trinajstić information content (AvgIpc) is 2.80. The number of nitrogens with zero attached hydrogens (tertiary/aromatic N) is 1. The summed E-state index contributed by atoms with van der Waals surface area (Å²) >= 11 is 12.4. The number of rotatable bonds is 7. The van der Waals surface area contributed by atoms with Gasteiger partial charge in [-0.1, -0.05) is 79.6 Å². The first-order valence-corrected chi connectivity index (χ1v) is 12.4. The zero-order valence-electron chi connectivity index (χ0n) is 18.5. The lowest BCUT2D eigenvalue weighted by Crippen LogP contribution is -2.51. The van der Waals surface area contributed by atoms with Crippen molar-refractivity contribution in [2.75, 3.05) is 6.54 Å². The monoisotopic (exact) mass is 489 g/mol. The summed E-state index contributed by atoms with van der Waals surface area (Å²) in [6, 6.07) is 14.4. The molecule has 0 spiro atoms. The maximum Gasteiger partial charge on any atom is 0.306 e. The minimum atomic E-state index is -1.06. The minimum Gasteiger partial charge on any atom is -0.481 e. The van der Waals surface area contributed by atoms with Crippen LogP contribution in [0.4, 0.5) is 0 Å². The highest BCUT2D eigenvalue weighted by Gasteiger charge is 2.44. The highest BCUT2D eigenvalue weighted by Crippen LogP contribution is 2.43. The summed E-state index contributed by atoms with van der Waals surface area (Å²) in [7, 11) is 0. The van der Waals surface area contributed by atoms with Gasteiger partial charge < -0.3 is 14.7 Å². The number of carbonyl (C=O) groups excluding carboxylic acids is 1. The molecule has 2 aromatic carbocycles. The lowest BCUT2D eigenvalue weighted by Gasteiger charge is -2.45. The first-order chi connectivity index (χ1) is 15.9. The van der Waals surface area contributed by atoms with E-state index in [2.05, 4.69) is 0 Å². The molecule has 1 aliphatic carbocycles. The Kier molecular flexibility index (Phi) is 7.94. The molecular formula is C26H29Cl2NO4. The summed E-state index contributed by atoms with van der Waals surface area (Å²) in [6.07, 6.45) is 5.05. The van der Waals surface area contributed by atoms with Crippen LogP contribution in [0.3, 0.4) is 0 Å². The fraction of sp³-hybridized carbons (Fsp3) is 0.462. The van der Waals surface area contributed by atoms with Gasteiger partial charge in [-0.05, 0) is 47.7 Å². The third kappa shape index (κ3) is 5.89. The van der Waals surface area contributed by atoms with Crippen LogP contribution in [0, 0.1) is 5.92 Å². The zero-order chi connectivity index (χ0) is 23.4. The molecule has 0 unspecified atom stereocenters. The molecule has 2 aliphatic rings. The van der Waals surface area contributed by atoms with E-state index in [0.717, 1.165) is 17.5 Å². The van der Waals surface area contributed by atoms with Gasteiger partial charge in [0.1, 0.15) is 12.2 Å². The SMILES string of the molecule is O=C(O)C[C@H]1O[C@H](c2cccc(Cl)c2)[C@@H](c2ccc(Cl)cc2)N(CCC2CCCCC2)C1=O. The molecule has 0 radical (unpaired) electrons.